The highest BCUT2D eigenvalue weighted by atomic mass is 28.4. The van der Waals surface area contributed by atoms with Crippen LogP contribution < -0.4 is 41.5 Å². The number of carbonyl (C=O) groups is 4. The first-order valence-corrected chi connectivity index (χ1v) is 47.1. The molecule has 2 saturated heterocycles. The fourth-order valence-electron chi connectivity index (χ4n) is 16.3. The minimum Gasteiger partial charge on any atom is -0.463 e. The number of benzene rings is 8. The van der Waals surface area contributed by atoms with Crippen molar-refractivity contribution in [2.75, 3.05) is 79.3 Å². The van der Waals surface area contributed by atoms with Gasteiger partial charge in [-0.3, -0.25) is 19.2 Å². The minimum absolute atomic E-state index is 0.00277. The third kappa shape index (κ3) is 21.5. The average molecular weight is 1590 g/mol. The van der Waals surface area contributed by atoms with Gasteiger partial charge in [-0.05, 0) is 152 Å². The molecule has 2 aliphatic rings. The van der Waals surface area contributed by atoms with Gasteiger partial charge in [0.15, 0.2) is 0 Å². The SMILES string of the molecule is C=CCCO[Si](OCCOC(=O)C(C)(CC)CC(C)(C[C@@H]1CCO[Si](c2ccccc2)(c2ccccc2)OCCOC(=O)C(C)(CC2CCO[Si](c3ccccc3)(c3ccccc3)OCCOC(=O)C(C)(CCC)C2)C1)C(=O)OCCO[Si](OCCC=C)(c1ccccc1)c1ccccc1)(c1ccccc1)c1ccccc1. The van der Waals surface area contributed by atoms with Crippen LogP contribution in [0.5, 0.6) is 0 Å². The van der Waals surface area contributed by atoms with Crippen molar-refractivity contribution in [3.8, 4) is 0 Å². The van der Waals surface area contributed by atoms with E-state index in [0.717, 1.165) is 41.5 Å². The first-order valence-electron chi connectivity index (χ1n) is 39.8. The van der Waals surface area contributed by atoms with Crippen LogP contribution in [0.2, 0.25) is 0 Å². The predicted octanol–water partition coefficient (Wildman–Crippen LogP) is 12.7. The highest BCUT2D eigenvalue weighted by molar-refractivity contribution is 6.94. The monoisotopic (exact) mass is 1590 g/mol. The maximum absolute atomic E-state index is 16.3. The van der Waals surface area contributed by atoms with Crippen molar-refractivity contribution in [3.05, 3.63) is 268 Å². The van der Waals surface area contributed by atoms with Gasteiger partial charge in [-0.1, -0.05) is 275 Å². The van der Waals surface area contributed by atoms with Crippen molar-refractivity contribution >= 4 is 99.6 Å². The second kappa shape index (κ2) is 41.6. The molecule has 2 heterocycles. The van der Waals surface area contributed by atoms with Crippen LogP contribution in [0.15, 0.2) is 268 Å². The Morgan fingerprint density at radius 2 is 0.759 bits per heavy atom. The van der Waals surface area contributed by atoms with Crippen molar-refractivity contribution in [2.45, 2.75) is 119 Å². The zero-order valence-electron chi connectivity index (χ0n) is 66.3. The highest BCUT2D eigenvalue weighted by Gasteiger charge is 2.53. The lowest BCUT2D eigenvalue weighted by atomic mass is 9.64. The van der Waals surface area contributed by atoms with Crippen molar-refractivity contribution in [1.82, 2.24) is 0 Å². The molecule has 2 fully saturated rings. The van der Waals surface area contributed by atoms with E-state index >= 15 is 14.4 Å². The van der Waals surface area contributed by atoms with E-state index in [2.05, 4.69) is 20.1 Å². The van der Waals surface area contributed by atoms with Gasteiger partial charge in [0.1, 0.15) is 26.4 Å². The maximum Gasteiger partial charge on any atom is 0.407 e. The molecule has 10 rings (SSSR count). The van der Waals surface area contributed by atoms with Crippen LogP contribution in [-0.4, -0.2) is 137 Å². The van der Waals surface area contributed by atoms with Crippen molar-refractivity contribution in [1.29, 1.82) is 0 Å². The van der Waals surface area contributed by atoms with Crippen LogP contribution in [0.1, 0.15) is 119 Å². The molecule has 594 valence electrons. The molecule has 6 atom stereocenters. The fraction of sp³-hybridized carbons (Fsp3) is 0.391. The number of cyclic esters (lactones) is 2. The Morgan fingerprint density at radius 3 is 1.12 bits per heavy atom. The van der Waals surface area contributed by atoms with E-state index in [-0.39, 0.29) is 110 Å². The summed E-state index contributed by atoms with van der Waals surface area (Å²) in [6, 6.07) is 79.5. The fourth-order valence-corrected chi connectivity index (χ4v) is 28.8. The van der Waals surface area contributed by atoms with E-state index in [0.29, 0.717) is 58.2 Å². The summed E-state index contributed by atoms with van der Waals surface area (Å²) in [7, 11) is -14.0. The number of rotatable bonds is 35. The Hall–Kier alpha value is -8.33. The standard InChI is InChI=1S/C92H114O16Si4/c1-9-13-58-101-109(77-39-23-15-24-40-77,78-41-25-16-26-42-78)105-66-62-97-85(93)89(5,12-4)74-92(8,88(96)100-65-69-106-110(102-59-14-10-2,79-43-27-17-28-44-79)80-45-29-18-30-46-80)73-76-56-61-104-112(83-51-35-21-36-52-83,84-53-37-22-38-54-84)108-68-64-99-87(95)91(7,72-76)71-75-55-60-103-111(81-47-31-19-32-48-81,82-49-33-20-34-50-82)107-67-63-98-86(94)90(6,70-75)57-11-3/h9-10,15-54,75-76H,1-2,11-14,55-74H2,3-8H3/t75?,76-,89?,90?,91?,92?/m1/s1. The van der Waals surface area contributed by atoms with Gasteiger partial charge in [-0.25, -0.2) is 0 Å². The smallest absolute Gasteiger partial charge is 0.407 e. The van der Waals surface area contributed by atoms with Gasteiger partial charge in [0.25, 0.3) is 0 Å². The molecule has 8 aromatic rings. The molecule has 20 heteroatoms. The third-order valence-corrected chi connectivity index (χ3v) is 35.6. The number of ether oxygens (including phenoxy) is 4. The van der Waals surface area contributed by atoms with E-state index in [1.165, 1.54) is 0 Å². The van der Waals surface area contributed by atoms with Crippen LogP contribution in [0.25, 0.3) is 0 Å². The lowest BCUT2D eigenvalue weighted by Crippen LogP contribution is -2.64. The predicted molar refractivity (Wildman–Crippen MR) is 450 cm³/mol. The summed E-state index contributed by atoms with van der Waals surface area (Å²) < 4.78 is 82.7. The van der Waals surface area contributed by atoms with Crippen molar-refractivity contribution in [2.24, 2.45) is 33.5 Å². The lowest BCUT2D eigenvalue weighted by molar-refractivity contribution is -0.166. The zero-order valence-corrected chi connectivity index (χ0v) is 70.3. The van der Waals surface area contributed by atoms with Gasteiger partial charge in [0, 0.05) is 26.4 Å². The molecule has 0 radical (unpaired) electrons. The summed E-state index contributed by atoms with van der Waals surface area (Å²) in [6.07, 6.45) is 7.91. The molecule has 0 amide bonds. The van der Waals surface area contributed by atoms with Crippen molar-refractivity contribution < 1.29 is 73.5 Å². The molecule has 2 aliphatic heterocycles. The third-order valence-electron chi connectivity index (χ3n) is 21.9. The summed E-state index contributed by atoms with van der Waals surface area (Å²) >= 11 is 0. The molecule has 0 saturated carbocycles. The van der Waals surface area contributed by atoms with Crippen LogP contribution in [0, 0.1) is 33.5 Å². The first-order chi connectivity index (χ1) is 54.4. The van der Waals surface area contributed by atoms with E-state index in [1.807, 2.05) is 289 Å². The Morgan fingerprint density at radius 1 is 0.438 bits per heavy atom. The molecule has 0 bridgehead atoms. The highest BCUT2D eigenvalue weighted by Crippen LogP contribution is 2.49. The Labute approximate surface area is 668 Å². The molecular formula is C92H114O16Si4. The van der Waals surface area contributed by atoms with E-state index in [9.17, 15) is 4.79 Å². The van der Waals surface area contributed by atoms with Gasteiger partial charge in [0.2, 0.25) is 0 Å². The molecule has 0 aromatic heterocycles. The first kappa shape index (κ1) is 86.1. The van der Waals surface area contributed by atoms with Crippen LogP contribution in [0.4, 0.5) is 0 Å². The Balaban J connectivity index is 1.04. The molecule has 112 heavy (non-hydrogen) atoms. The van der Waals surface area contributed by atoms with Crippen LogP contribution in [-0.2, 0) is 73.5 Å². The summed E-state index contributed by atoms with van der Waals surface area (Å²) in [6.45, 7) is 20.4. The zero-order chi connectivity index (χ0) is 79.2. The van der Waals surface area contributed by atoms with E-state index < -0.39 is 79.7 Å². The molecule has 8 aromatic carbocycles. The molecular weight excluding hydrogens is 1470 g/mol. The second-order valence-corrected chi connectivity index (χ2v) is 42.4. The number of esters is 4. The molecule has 16 nitrogen and oxygen atoms in total. The Bertz CT molecular complexity index is 4040. The summed E-state index contributed by atoms with van der Waals surface area (Å²) in [5.74, 6) is -2.76. The number of hydrogen-bond donors (Lipinski definition) is 0. The van der Waals surface area contributed by atoms with E-state index in [4.69, 9.17) is 54.4 Å². The van der Waals surface area contributed by atoms with Gasteiger partial charge >= 0.3 is 58.1 Å². The maximum atomic E-state index is 16.3. The normalized spacial score (nSPS) is 20.5. The minimum atomic E-state index is -3.62. The largest absolute Gasteiger partial charge is 0.463 e. The summed E-state index contributed by atoms with van der Waals surface area (Å²) in [4.78, 5) is 62.7. The second-order valence-electron chi connectivity index (χ2n) is 30.5. The van der Waals surface area contributed by atoms with Gasteiger partial charge in [-0.15, -0.1) is 13.2 Å². The van der Waals surface area contributed by atoms with Gasteiger partial charge in [0.05, 0.1) is 48.1 Å². The van der Waals surface area contributed by atoms with Crippen LogP contribution >= 0.6 is 0 Å². The van der Waals surface area contributed by atoms with E-state index in [1.54, 1.807) is 0 Å². The number of hydrogen-bond acceptors (Lipinski definition) is 16. The quantitative estimate of drug-likeness (QED) is 0.0120. The molecule has 5 unspecified atom stereocenters. The molecule has 0 N–H and O–H groups in total. The van der Waals surface area contributed by atoms with Gasteiger partial charge in [-0.2, -0.15) is 0 Å². The summed E-state index contributed by atoms with van der Waals surface area (Å²) in [5.41, 5.74) is -5.06. The average Bonchev–Trinajstić information content (AvgIpc) is 0.794. The summed E-state index contributed by atoms with van der Waals surface area (Å²) in [5, 5.41) is 7.08. The Kier molecular flexibility index (Phi) is 32.0. The lowest BCUT2D eigenvalue weighted by Gasteiger charge is -2.42. The number of carbonyl (C=O) groups excluding carboxylic acids is 4. The topological polar surface area (TPSA) is 179 Å². The molecule has 0 spiro atoms. The van der Waals surface area contributed by atoms with Gasteiger partial charge < -0.3 is 54.4 Å². The van der Waals surface area contributed by atoms with Crippen LogP contribution in [0.3, 0.4) is 0 Å². The molecule has 0 aliphatic carbocycles. The van der Waals surface area contributed by atoms with Crippen molar-refractivity contribution in [3.63, 3.8) is 0 Å².